The van der Waals surface area contributed by atoms with Gasteiger partial charge in [-0.15, -0.1) is 0 Å². The Morgan fingerprint density at radius 1 is 0.933 bits per heavy atom. The van der Waals surface area contributed by atoms with Crippen LogP contribution in [0.2, 0.25) is 10.0 Å². The summed E-state index contributed by atoms with van der Waals surface area (Å²) >= 11 is 12.1. The zero-order chi connectivity index (χ0) is 20.8. The van der Waals surface area contributed by atoms with Gasteiger partial charge >= 0.3 is 0 Å². The second-order valence-corrected chi connectivity index (χ2v) is 7.25. The summed E-state index contributed by atoms with van der Waals surface area (Å²) in [4.78, 5) is 15.5. The molecule has 0 unspecified atom stereocenters. The number of ether oxygens (including phenoxy) is 1. The minimum atomic E-state index is 0.311. The van der Waals surface area contributed by atoms with Gasteiger partial charge in [0.05, 0.1) is 19.4 Å². The zero-order valence-electron chi connectivity index (χ0n) is 15.9. The second-order valence-electron chi connectivity index (χ2n) is 6.41. The number of benzene rings is 2. The lowest BCUT2D eigenvalue weighted by Gasteiger charge is -2.27. The number of halogens is 2. The fraction of sp³-hybridized carbons (Fsp3) is 0.200. The van der Waals surface area contributed by atoms with Crippen molar-refractivity contribution in [2.45, 2.75) is 0 Å². The van der Waals surface area contributed by atoms with E-state index in [2.05, 4.69) is 30.8 Å². The Morgan fingerprint density at radius 3 is 2.43 bits per heavy atom. The van der Waals surface area contributed by atoms with Crippen molar-refractivity contribution >= 4 is 52.9 Å². The molecule has 30 heavy (non-hydrogen) atoms. The molecule has 1 aliphatic rings. The molecule has 10 heteroatoms. The van der Waals surface area contributed by atoms with Gasteiger partial charge in [0.25, 0.3) is 0 Å². The van der Waals surface area contributed by atoms with Crippen molar-refractivity contribution in [3.05, 3.63) is 64.1 Å². The number of anilines is 4. The summed E-state index contributed by atoms with van der Waals surface area (Å²) in [6.07, 6.45) is 1.62. The summed E-state index contributed by atoms with van der Waals surface area (Å²) in [6.45, 7) is 2.65. The highest BCUT2D eigenvalue weighted by molar-refractivity contribution is 6.33. The number of hydrogen-bond acceptors (Lipinski definition) is 8. The van der Waals surface area contributed by atoms with Gasteiger partial charge in [-0.3, -0.25) is 0 Å². The monoisotopic (exact) mass is 443 g/mol. The molecule has 1 saturated heterocycles. The predicted octanol–water partition coefficient (Wildman–Crippen LogP) is 4.20. The first kappa shape index (κ1) is 20.3. The molecule has 0 bridgehead atoms. The molecule has 0 atom stereocenters. The molecule has 3 aromatic rings. The van der Waals surface area contributed by atoms with Crippen molar-refractivity contribution in [3.8, 4) is 0 Å². The van der Waals surface area contributed by atoms with Gasteiger partial charge in [0.2, 0.25) is 17.8 Å². The molecule has 1 aliphatic heterocycles. The maximum absolute atomic E-state index is 6.16. The lowest BCUT2D eigenvalue weighted by molar-refractivity contribution is 0.122. The van der Waals surface area contributed by atoms with E-state index < -0.39 is 0 Å². The second kappa shape index (κ2) is 9.71. The molecular formula is C20H19Cl2N7O. The molecule has 0 aliphatic carbocycles. The van der Waals surface area contributed by atoms with Gasteiger partial charge < -0.3 is 15.0 Å². The van der Waals surface area contributed by atoms with Crippen LogP contribution in [0, 0.1) is 0 Å². The van der Waals surface area contributed by atoms with Gasteiger partial charge in [0.1, 0.15) is 0 Å². The lowest BCUT2D eigenvalue weighted by Crippen LogP contribution is -2.37. The molecule has 0 radical (unpaired) electrons. The normalized spacial score (nSPS) is 14.1. The van der Waals surface area contributed by atoms with Crippen molar-refractivity contribution in [3.63, 3.8) is 0 Å². The minimum absolute atomic E-state index is 0.311. The highest BCUT2D eigenvalue weighted by Gasteiger charge is 2.16. The van der Waals surface area contributed by atoms with Crippen molar-refractivity contribution < 1.29 is 4.74 Å². The summed E-state index contributed by atoms with van der Waals surface area (Å²) in [5, 5.41) is 8.66. The van der Waals surface area contributed by atoms with Gasteiger partial charge in [0, 0.05) is 34.4 Å². The number of nitrogens with one attached hydrogen (secondary N) is 2. The van der Waals surface area contributed by atoms with Crippen molar-refractivity contribution in [2.75, 3.05) is 41.9 Å². The van der Waals surface area contributed by atoms with Gasteiger partial charge in [-0.25, -0.2) is 5.43 Å². The lowest BCUT2D eigenvalue weighted by atomic mass is 10.2. The third kappa shape index (κ3) is 5.35. The summed E-state index contributed by atoms with van der Waals surface area (Å²) in [5.74, 6) is 1.25. The number of nitrogens with zero attached hydrogens (tertiary/aromatic N) is 5. The average Bonchev–Trinajstić information content (AvgIpc) is 2.77. The SMILES string of the molecule is Clc1ccc(Nc2nc(N/N=C\c3ccccc3Cl)nc(N3CCOCC3)n2)cc1. The highest BCUT2D eigenvalue weighted by atomic mass is 35.5. The smallest absolute Gasteiger partial charge is 0.250 e. The van der Waals surface area contributed by atoms with Crippen LogP contribution in [-0.4, -0.2) is 47.5 Å². The first-order valence-electron chi connectivity index (χ1n) is 9.32. The molecule has 0 saturated carbocycles. The third-order valence-corrected chi connectivity index (χ3v) is 4.89. The van der Waals surface area contributed by atoms with Crippen LogP contribution in [-0.2, 0) is 4.74 Å². The van der Waals surface area contributed by atoms with E-state index in [1.807, 2.05) is 35.2 Å². The van der Waals surface area contributed by atoms with Gasteiger partial charge in [0.15, 0.2) is 0 Å². The molecule has 0 spiro atoms. The van der Waals surface area contributed by atoms with Crippen LogP contribution >= 0.6 is 23.2 Å². The van der Waals surface area contributed by atoms with E-state index in [1.54, 1.807) is 24.4 Å². The number of morpholine rings is 1. The van der Waals surface area contributed by atoms with Crippen LogP contribution in [0.15, 0.2) is 53.6 Å². The fourth-order valence-corrected chi connectivity index (χ4v) is 3.09. The Bertz CT molecular complexity index is 1020. The van der Waals surface area contributed by atoms with Crippen LogP contribution in [0.25, 0.3) is 0 Å². The molecule has 2 heterocycles. The Morgan fingerprint density at radius 2 is 1.67 bits per heavy atom. The van der Waals surface area contributed by atoms with Crippen molar-refractivity contribution in [1.82, 2.24) is 15.0 Å². The maximum atomic E-state index is 6.16. The highest BCUT2D eigenvalue weighted by Crippen LogP contribution is 2.20. The van der Waals surface area contributed by atoms with Gasteiger partial charge in [-0.2, -0.15) is 20.1 Å². The van der Waals surface area contributed by atoms with Crippen LogP contribution in [0.1, 0.15) is 5.56 Å². The largest absolute Gasteiger partial charge is 0.378 e. The Balaban J connectivity index is 1.57. The van der Waals surface area contributed by atoms with Gasteiger partial charge in [-0.05, 0) is 30.3 Å². The number of aromatic nitrogens is 3. The number of rotatable bonds is 6. The third-order valence-electron chi connectivity index (χ3n) is 4.29. The van der Waals surface area contributed by atoms with E-state index in [0.29, 0.717) is 54.2 Å². The Hall–Kier alpha value is -2.94. The van der Waals surface area contributed by atoms with Crippen LogP contribution in [0.3, 0.4) is 0 Å². The summed E-state index contributed by atoms with van der Waals surface area (Å²) in [5.41, 5.74) is 4.46. The number of hydrazone groups is 1. The molecular weight excluding hydrogens is 425 g/mol. The average molecular weight is 444 g/mol. The van der Waals surface area contributed by atoms with E-state index >= 15 is 0 Å². The molecule has 1 fully saturated rings. The Kier molecular flexibility index (Phi) is 6.58. The first-order valence-corrected chi connectivity index (χ1v) is 10.1. The molecule has 2 N–H and O–H groups in total. The van der Waals surface area contributed by atoms with E-state index in [4.69, 9.17) is 27.9 Å². The molecule has 0 amide bonds. The van der Waals surface area contributed by atoms with E-state index in [1.165, 1.54) is 0 Å². The minimum Gasteiger partial charge on any atom is -0.378 e. The summed E-state index contributed by atoms with van der Waals surface area (Å²) < 4.78 is 5.42. The van der Waals surface area contributed by atoms with E-state index in [-0.39, 0.29) is 0 Å². The summed E-state index contributed by atoms with van der Waals surface area (Å²) in [6, 6.07) is 14.7. The van der Waals surface area contributed by atoms with Crippen molar-refractivity contribution in [1.29, 1.82) is 0 Å². The molecule has 4 rings (SSSR count). The van der Waals surface area contributed by atoms with Crippen LogP contribution in [0.5, 0.6) is 0 Å². The predicted molar refractivity (Wildman–Crippen MR) is 120 cm³/mol. The standard InChI is InChI=1S/C20H19Cl2N7O/c21-15-5-7-16(8-6-15)24-18-25-19(27-20(26-18)29-9-11-30-12-10-29)28-23-13-14-3-1-2-4-17(14)22/h1-8,13H,9-12H2,(H2,24,25,26,27,28)/b23-13-. The van der Waals surface area contributed by atoms with E-state index in [0.717, 1.165) is 11.3 Å². The first-order chi connectivity index (χ1) is 14.7. The maximum Gasteiger partial charge on any atom is 0.250 e. The number of hydrogen-bond donors (Lipinski definition) is 2. The summed E-state index contributed by atoms with van der Waals surface area (Å²) in [7, 11) is 0. The van der Waals surface area contributed by atoms with Gasteiger partial charge in [-0.1, -0.05) is 41.4 Å². The van der Waals surface area contributed by atoms with Crippen LogP contribution < -0.4 is 15.6 Å². The molecule has 2 aromatic carbocycles. The van der Waals surface area contributed by atoms with Crippen molar-refractivity contribution in [2.24, 2.45) is 5.10 Å². The molecule has 154 valence electrons. The van der Waals surface area contributed by atoms with E-state index in [9.17, 15) is 0 Å². The Labute approximate surface area is 183 Å². The van der Waals surface area contributed by atoms with Crippen LogP contribution in [0.4, 0.5) is 23.5 Å². The fourth-order valence-electron chi connectivity index (χ4n) is 2.78. The topological polar surface area (TPSA) is 87.6 Å². The quantitative estimate of drug-likeness (QED) is 0.435. The molecule has 8 nitrogen and oxygen atoms in total. The zero-order valence-corrected chi connectivity index (χ0v) is 17.4. The molecule has 1 aromatic heterocycles.